The second-order valence-corrected chi connectivity index (χ2v) is 6.33. The molecule has 3 rings (SSSR count). The lowest BCUT2D eigenvalue weighted by Crippen LogP contribution is -2.15. The molecule has 28 heavy (non-hydrogen) atoms. The van der Waals surface area contributed by atoms with Gasteiger partial charge >= 0.3 is 6.18 Å². The topological polar surface area (TPSA) is 42.0 Å². The van der Waals surface area contributed by atoms with E-state index in [1.807, 2.05) is 31.2 Å². The Morgan fingerprint density at radius 3 is 2.36 bits per heavy atom. The highest BCUT2D eigenvalue weighted by Crippen LogP contribution is 2.30. The van der Waals surface area contributed by atoms with Crippen LogP contribution in [0.25, 0.3) is 11.1 Å². The molecule has 2 aromatic carbocycles. The van der Waals surface area contributed by atoms with Gasteiger partial charge in [0.1, 0.15) is 5.82 Å². The van der Waals surface area contributed by atoms with Crippen molar-refractivity contribution in [3.8, 4) is 11.1 Å². The number of benzene rings is 2. The van der Waals surface area contributed by atoms with Gasteiger partial charge in [0, 0.05) is 17.6 Å². The van der Waals surface area contributed by atoms with E-state index in [4.69, 9.17) is 0 Å². The third-order valence-electron chi connectivity index (χ3n) is 4.05. The minimum Gasteiger partial charge on any atom is -0.326 e. The molecule has 3 aromatic rings. The smallest absolute Gasteiger partial charge is 0.326 e. The number of aromatic nitrogens is 1. The number of hydrogen-bond donors (Lipinski definition) is 1. The molecule has 0 saturated carbocycles. The van der Waals surface area contributed by atoms with Gasteiger partial charge in [-0.2, -0.15) is 13.2 Å². The number of halogens is 4. The first-order valence-corrected chi connectivity index (χ1v) is 8.40. The van der Waals surface area contributed by atoms with Crippen LogP contribution in [0.1, 0.15) is 16.8 Å². The van der Waals surface area contributed by atoms with Crippen molar-refractivity contribution in [2.24, 2.45) is 0 Å². The van der Waals surface area contributed by atoms with Crippen molar-refractivity contribution in [3.63, 3.8) is 0 Å². The maximum absolute atomic E-state index is 13.4. The van der Waals surface area contributed by atoms with Crippen molar-refractivity contribution in [3.05, 3.63) is 83.4 Å². The number of rotatable bonds is 4. The summed E-state index contributed by atoms with van der Waals surface area (Å²) in [6.07, 6.45) is -3.34. The Hall–Kier alpha value is -3.22. The molecule has 0 aliphatic carbocycles. The number of nitrogens with zero attached hydrogens (tertiary/aromatic N) is 1. The van der Waals surface area contributed by atoms with Crippen LogP contribution in [0.5, 0.6) is 0 Å². The lowest BCUT2D eigenvalue weighted by Gasteiger charge is -2.10. The van der Waals surface area contributed by atoms with Crippen LogP contribution in [0.4, 0.5) is 23.2 Å². The van der Waals surface area contributed by atoms with Crippen LogP contribution >= 0.6 is 0 Å². The number of nitrogens with one attached hydrogen (secondary N) is 1. The number of pyridine rings is 1. The maximum atomic E-state index is 13.4. The summed E-state index contributed by atoms with van der Waals surface area (Å²) in [6, 6.07) is 12.9. The predicted octanol–water partition coefficient (Wildman–Crippen LogP) is 5.40. The highest BCUT2D eigenvalue weighted by molar-refractivity contribution is 5.92. The normalized spacial score (nSPS) is 11.3. The average molecular weight is 388 g/mol. The van der Waals surface area contributed by atoms with E-state index in [2.05, 4.69) is 10.3 Å². The summed E-state index contributed by atoms with van der Waals surface area (Å²) in [4.78, 5) is 16.3. The van der Waals surface area contributed by atoms with Crippen molar-refractivity contribution in [2.75, 3.05) is 5.32 Å². The van der Waals surface area contributed by atoms with Gasteiger partial charge in [0.25, 0.3) is 0 Å². The first kappa shape index (κ1) is 19.5. The average Bonchev–Trinajstić information content (AvgIpc) is 2.61. The second kappa shape index (κ2) is 7.80. The summed E-state index contributed by atoms with van der Waals surface area (Å²) in [5.74, 6) is -1.57. The number of aryl methyl sites for hydroxylation is 1. The molecule has 1 N–H and O–H groups in total. The molecule has 0 aliphatic heterocycles. The fourth-order valence-electron chi connectivity index (χ4n) is 2.78. The number of amides is 1. The van der Waals surface area contributed by atoms with Crippen molar-refractivity contribution in [1.29, 1.82) is 0 Å². The Labute approximate surface area is 159 Å². The third kappa shape index (κ3) is 4.94. The first-order chi connectivity index (χ1) is 13.2. The Bertz CT molecular complexity index is 998. The summed E-state index contributed by atoms with van der Waals surface area (Å²) in [6.45, 7) is 1.88. The van der Waals surface area contributed by atoms with Gasteiger partial charge in [0.2, 0.25) is 5.91 Å². The Morgan fingerprint density at radius 1 is 1.00 bits per heavy atom. The van der Waals surface area contributed by atoms with Crippen LogP contribution in [-0.2, 0) is 17.4 Å². The second-order valence-electron chi connectivity index (χ2n) is 6.33. The summed E-state index contributed by atoms with van der Waals surface area (Å²) in [7, 11) is 0. The first-order valence-electron chi connectivity index (χ1n) is 8.40. The molecule has 0 spiro atoms. The summed E-state index contributed by atoms with van der Waals surface area (Å²) in [5, 5.41) is 2.60. The van der Waals surface area contributed by atoms with Gasteiger partial charge in [-0.15, -0.1) is 0 Å². The standard InChI is InChI=1S/C21H16F4N2O/c1-13-8-16(6-7-26-13)15-2-4-19(5-3-15)27-20(28)11-14-9-17(21(23,24)25)12-18(22)10-14/h2-10,12H,11H2,1H3,(H,27,28). The molecule has 3 nitrogen and oxygen atoms in total. The van der Waals surface area contributed by atoms with E-state index in [0.717, 1.165) is 29.0 Å². The highest BCUT2D eigenvalue weighted by atomic mass is 19.4. The Kier molecular flexibility index (Phi) is 5.44. The van der Waals surface area contributed by atoms with Crippen LogP contribution < -0.4 is 5.32 Å². The Morgan fingerprint density at radius 2 is 1.71 bits per heavy atom. The molecule has 0 atom stereocenters. The zero-order valence-corrected chi connectivity index (χ0v) is 14.8. The van der Waals surface area contributed by atoms with E-state index in [9.17, 15) is 22.4 Å². The van der Waals surface area contributed by atoms with Crippen molar-refractivity contribution >= 4 is 11.6 Å². The van der Waals surface area contributed by atoms with Crippen LogP contribution in [0.15, 0.2) is 60.8 Å². The van der Waals surface area contributed by atoms with Gasteiger partial charge in [0.05, 0.1) is 12.0 Å². The molecular formula is C21H16F4N2O. The third-order valence-corrected chi connectivity index (χ3v) is 4.05. The highest BCUT2D eigenvalue weighted by Gasteiger charge is 2.31. The van der Waals surface area contributed by atoms with Gasteiger partial charge < -0.3 is 5.32 Å². The molecule has 0 fully saturated rings. The zero-order valence-electron chi connectivity index (χ0n) is 14.8. The van der Waals surface area contributed by atoms with Gasteiger partial charge in [-0.3, -0.25) is 9.78 Å². The predicted molar refractivity (Wildman–Crippen MR) is 98.1 cm³/mol. The maximum Gasteiger partial charge on any atom is 0.416 e. The minimum absolute atomic E-state index is 0.0475. The van der Waals surface area contributed by atoms with Crippen LogP contribution in [0.3, 0.4) is 0 Å². The summed E-state index contributed by atoms with van der Waals surface area (Å²) < 4.78 is 51.7. The number of carbonyl (C=O) groups excluding carboxylic acids is 1. The molecule has 7 heteroatoms. The van der Waals surface area contributed by atoms with Crippen molar-refractivity contribution in [2.45, 2.75) is 19.5 Å². The SMILES string of the molecule is Cc1cc(-c2ccc(NC(=O)Cc3cc(F)cc(C(F)(F)F)c3)cc2)ccn1. The molecule has 0 radical (unpaired) electrons. The van der Waals surface area contributed by atoms with Crippen molar-refractivity contribution < 1.29 is 22.4 Å². The fraction of sp³-hybridized carbons (Fsp3) is 0.143. The zero-order chi connectivity index (χ0) is 20.3. The van der Waals surface area contributed by atoms with E-state index >= 15 is 0 Å². The largest absolute Gasteiger partial charge is 0.416 e. The number of alkyl halides is 3. The van der Waals surface area contributed by atoms with Gasteiger partial charge in [0.15, 0.2) is 0 Å². The van der Waals surface area contributed by atoms with E-state index in [0.29, 0.717) is 11.8 Å². The van der Waals surface area contributed by atoms with Crippen LogP contribution in [0, 0.1) is 12.7 Å². The van der Waals surface area contributed by atoms with Crippen molar-refractivity contribution in [1.82, 2.24) is 4.98 Å². The minimum atomic E-state index is -4.67. The monoisotopic (exact) mass is 388 g/mol. The Balaban J connectivity index is 1.69. The molecule has 1 aromatic heterocycles. The van der Waals surface area contributed by atoms with Crippen LogP contribution in [0.2, 0.25) is 0 Å². The number of anilines is 1. The molecular weight excluding hydrogens is 372 g/mol. The number of hydrogen-bond acceptors (Lipinski definition) is 2. The van der Waals surface area contributed by atoms with Gasteiger partial charge in [-0.1, -0.05) is 12.1 Å². The lowest BCUT2D eigenvalue weighted by atomic mass is 10.1. The number of carbonyl (C=O) groups is 1. The molecule has 1 heterocycles. The van der Waals surface area contributed by atoms with E-state index < -0.39 is 23.5 Å². The van der Waals surface area contributed by atoms with E-state index in [1.54, 1.807) is 18.3 Å². The molecule has 0 saturated heterocycles. The van der Waals surface area contributed by atoms with E-state index in [1.165, 1.54) is 0 Å². The molecule has 0 unspecified atom stereocenters. The van der Waals surface area contributed by atoms with Gasteiger partial charge in [-0.25, -0.2) is 4.39 Å². The van der Waals surface area contributed by atoms with E-state index in [-0.39, 0.29) is 12.0 Å². The molecule has 0 bridgehead atoms. The fourth-order valence-corrected chi connectivity index (χ4v) is 2.78. The van der Waals surface area contributed by atoms with Crippen LogP contribution in [-0.4, -0.2) is 10.9 Å². The molecule has 0 aliphatic rings. The quantitative estimate of drug-likeness (QED) is 0.609. The molecule has 1 amide bonds. The lowest BCUT2D eigenvalue weighted by molar-refractivity contribution is -0.137. The van der Waals surface area contributed by atoms with Gasteiger partial charge in [-0.05, 0) is 66.1 Å². The molecule has 144 valence electrons. The summed E-state index contributed by atoms with van der Waals surface area (Å²) in [5.41, 5.74) is 2.12. The summed E-state index contributed by atoms with van der Waals surface area (Å²) >= 11 is 0.